The van der Waals surface area contributed by atoms with Crippen LogP contribution in [-0.4, -0.2) is 18.5 Å². The average molecular weight is 238 g/mol. The second-order valence-electron chi connectivity index (χ2n) is 4.10. The number of hydrogen-bond acceptors (Lipinski definition) is 2. The fourth-order valence-corrected chi connectivity index (χ4v) is 1.45. The van der Waals surface area contributed by atoms with Crippen molar-refractivity contribution in [3.63, 3.8) is 0 Å². The first-order chi connectivity index (χ1) is 8.11. The molecule has 17 heavy (non-hydrogen) atoms. The van der Waals surface area contributed by atoms with Crippen LogP contribution in [0.25, 0.3) is 0 Å². The second kappa shape index (κ2) is 7.01. The molecule has 1 atom stereocenters. The van der Waals surface area contributed by atoms with Crippen LogP contribution in [0.4, 0.5) is 4.39 Å². The number of benzene rings is 1. The molecule has 0 aliphatic rings. The molecule has 0 bridgehead atoms. The molecule has 0 fully saturated rings. The summed E-state index contributed by atoms with van der Waals surface area (Å²) in [5.41, 5.74) is 6.68. The zero-order valence-corrected chi connectivity index (χ0v) is 10.1. The predicted molar refractivity (Wildman–Crippen MR) is 66.0 cm³/mol. The quantitative estimate of drug-likeness (QED) is 0.791. The number of nitrogens with two attached hydrogens (primary N) is 1. The Morgan fingerprint density at radius 3 is 2.65 bits per heavy atom. The summed E-state index contributed by atoms with van der Waals surface area (Å²) in [7, 11) is 0. The summed E-state index contributed by atoms with van der Waals surface area (Å²) in [4.78, 5) is 11.4. The summed E-state index contributed by atoms with van der Waals surface area (Å²) in [6.07, 6.45) is 1.86. The Morgan fingerprint density at radius 2 is 2.06 bits per heavy atom. The highest BCUT2D eigenvalue weighted by Crippen LogP contribution is 2.02. The molecule has 1 unspecified atom stereocenters. The van der Waals surface area contributed by atoms with Gasteiger partial charge >= 0.3 is 0 Å². The first kappa shape index (κ1) is 13.6. The highest BCUT2D eigenvalue weighted by atomic mass is 19.1. The molecule has 3 N–H and O–H groups in total. The van der Waals surface area contributed by atoms with E-state index in [0.29, 0.717) is 19.4 Å². The number of rotatable bonds is 6. The molecule has 3 nitrogen and oxygen atoms in total. The minimum absolute atomic E-state index is 0.0264. The summed E-state index contributed by atoms with van der Waals surface area (Å²) < 4.78 is 12.6. The summed E-state index contributed by atoms with van der Waals surface area (Å²) >= 11 is 0. The van der Waals surface area contributed by atoms with Crippen molar-refractivity contribution in [2.45, 2.75) is 32.2 Å². The van der Waals surface area contributed by atoms with Gasteiger partial charge in [-0.25, -0.2) is 4.39 Å². The van der Waals surface area contributed by atoms with E-state index in [0.717, 1.165) is 12.0 Å². The van der Waals surface area contributed by atoms with Crippen LogP contribution in [-0.2, 0) is 11.2 Å². The van der Waals surface area contributed by atoms with Gasteiger partial charge in [0.15, 0.2) is 0 Å². The maximum atomic E-state index is 12.6. The lowest BCUT2D eigenvalue weighted by Gasteiger charge is -2.09. The van der Waals surface area contributed by atoms with Crippen LogP contribution in [0.2, 0.25) is 0 Å². The monoisotopic (exact) mass is 238 g/mol. The lowest BCUT2D eigenvalue weighted by Crippen LogP contribution is -2.32. The summed E-state index contributed by atoms with van der Waals surface area (Å²) in [6.45, 7) is 2.51. The fraction of sp³-hybridized carbons (Fsp3) is 0.462. The Kier molecular flexibility index (Phi) is 5.63. The van der Waals surface area contributed by atoms with Crippen LogP contribution in [0, 0.1) is 5.82 Å². The van der Waals surface area contributed by atoms with Gasteiger partial charge in [-0.15, -0.1) is 0 Å². The maximum Gasteiger partial charge on any atom is 0.221 e. The van der Waals surface area contributed by atoms with E-state index in [2.05, 4.69) is 5.32 Å². The smallest absolute Gasteiger partial charge is 0.221 e. The molecule has 1 rings (SSSR count). The summed E-state index contributed by atoms with van der Waals surface area (Å²) in [5.74, 6) is -0.270. The van der Waals surface area contributed by atoms with Gasteiger partial charge in [-0.05, 0) is 30.5 Å². The van der Waals surface area contributed by atoms with Crippen LogP contribution in [0.5, 0.6) is 0 Å². The van der Waals surface area contributed by atoms with Gasteiger partial charge < -0.3 is 11.1 Å². The van der Waals surface area contributed by atoms with Gasteiger partial charge in [0.05, 0.1) is 0 Å². The summed E-state index contributed by atoms with van der Waals surface area (Å²) in [5, 5.41) is 2.80. The van der Waals surface area contributed by atoms with E-state index in [1.807, 2.05) is 6.92 Å². The average Bonchev–Trinajstić information content (AvgIpc) is 2.31. The molecule has 0 saturated heterocycles. The van der Waals surface area contributed by atoms with Gasteiger partial charge in [0.2, 0.25) is 5.91 Å². The van der Waals surface area contributed by atoms with Crippen molar-refractivity contribution in [1.29, 1.82) is 0 Å². The SMILES string of the molecule is CCC(N)CC(=O)NCCc1ccc(F)cc1. The molecule has 0 radical (unpaired) electrons. The van der Waals surface area contributed by atoms with Crippen molar-refractivity contribution in [2.75, 3.05) is 6.54 Å². The normalized spacial score (nSPS) is 12.2. The molecule has 1 aromatic rings. The van der Waals surface area contributed by atoms with Crippen LogP contribution >= 0.6 is 0 Å². The number of halogens is 1. The minimum atomic E-state index is -0.244. The van der Waals surface area contributed by atoms with Crippen LogP contribution < -0.4 is 11.1 Å². The van der Waals surface area contributed by atoms with E-state index in [1.54, 1.807) is 12.1 Å². The number of carbonyl (C=O) groups is 1. The Labute approximate surface area is 101 Å². The lowest BCUT2D eigenvalue weighted by atomic mass is 10.1. The molecule has 0 spiro atoms. The van der Waals surface area contributed by atoms with Crippen molar-refractivity contribution in [1.82, 2.24) is 5.32 Å². The molecule has 1 amide bonds. The Hall–Kier alpha value is -1.42. The fourth-order valence-electron chi connectivity index (χ4n) is 1.45. The Morgan fingerprint density at radius 1 is 1.41 bits per heavy atom. The third-order valence-corrected chi connectivity index (χ3v) is 2.62. The lowest BCUT2D eigenvalue weighted by molar-refractivity contribution is -0.121. The largest absolute Gasteiger partial charge is 0.356 e. The van der Waals surface area contributed by atoms with Crippen LogP contribution in [0.1, 0.15) is 25.3 Å². The van der Waals surface area contributed by atoms with Crippen LogP contribution in [0.3, 0.4) is 0 Å². The Bertz CT molecular complexity index is 351. The number of nitrogens with one attached hydrogen (secondary N) is 1. The number of carbonyl (C=O) groups excluding carboxylic acids is 1. The predicted octanol–water partition coefficient (Wildman–Crippen LogP) is 1.61. The first-order valence-corrected chi connectivity index (χ1v) is 5.88. The zero-order valence-electron chi connectivity index (χ0n) is 10.1. The number of hydrogen-bond donors (Lipinski definition) is 2. The standard InChI is InChI=1S/C13H19FN2O/c1-2-12(15)9-13(17)16-8-7-10-3-5-11(14)6-4-10/h3-6,12H,2,7-9,15H2,1H3,(H,16,17). The highest BCUT2D eigenvalue weighted by Gasteiger charge is 2.06. The molecular formula is C13H19FN2O. The van der Waals surface area contributed by atoms with Crippen molar-refractivity contribution in [3.8, 4) is 0 Å². The van der Waals surface area contributed by atoms with Crippen molar-refractivity contribution in [3.05, 3.63) is 35.6 Å². The van der Waals surface area contributed by atoms with Crippen molar-refractivity contribution < 1.29 is 9.18 Å². The van der Waals surface area contributed by atoms with E-state index >= 15 is 0 Å². The Balaban J connectivity index is 2.23. The van der Waals surface area contributed by atoms with E-state index < -0.39 is 0 Å². The zero-order chi connectivity index (χ0) is 12.7. The third-order valence-electron chi connectivity index (χ3n) is 2.62. The van der Waals surface area contributed by atoms with Crippen molar-refractivity contribution in [2.24, 2.45) is 5.73 Å². The van der Waals surface area contributed by atoms with E-state index in [4.69, 9.17) is 5.73 Å². The van der Waals surface area contributed by atoms with Crippen molar-refractivity contribution >= 4 is 5.91 Å². The third kappa shape index (κ3) is 5.45. The molecule has 1 aromatic carbocycles. The second-order valence-corrected chi connectivity index (χ2v) is 4.10. The van der Waals surface area contributed by atoms with Gasteiger partial charge in [-0.2, -0.15) is 0 Å². The molecule has 0 aliphatic carbocycles. The highest BCUT2D eigenvalue weighted by molar-refractivity contribution is 5.76. The van der Waals surface area contributed by atoms with Gasteiger partial charge in [0.1, 0.15) is 5.82 Å². The molecule has 0 aliphatic heterocycles. The molecule has 0 heterocycles. The van der Waals surface area contributed by atoms with Gasteiger partial charge in [-0.1, -0.05) is 19.1 Å². The number of amides is 1. The maximum absolute atomic E-state index is 12.6. The van der Waals surface area contributed by atoms with E-state index in [1.165, 1.54) is 12.1 Å². The van der Waals surface area contributed by atoms with E-state index in [9.17, 15) is 9.18 Å². The molecule has 0 saturated carbocycles. The molecule has 4 heteroatoms. The first-order valence-electron chi connectivity index (χ1n) is 5.88. The van der Waals surface area contributed by atoms with E-state index in [-0.39, 0.29) is 17.8 Å². The summed E-state index contributed by atoms with van der Waals surface area (Å²) in [6, 6.07) is 6.22. The van der Waals surface area contributed by atoms with Crippen LogP contribution in [0.15, 0.2) is 24.3 Å². The van der Waals surface area contributed by atoms with Gasteiger partial charge in [0, 0.05) is 19.0 Å². The molecule has 0 aromatic heterocycles. The van der Waals surface area contributed by atoms with Gasteiger partial charge in [0.25, 0.3) is 0 Å². The molecule has 94 valence electrons. The van der Waals surface area contributed by atoms with Gasteiger partial charge in [-0.3, -0.25) is 4.79 Å². The minimum Gasteiger partial charge on any atom is -0.356 e. The molecular weight excluding hydrogens is 219 g/mol. The topological polar surface area (TPSA) is 55.1 Å².